The van der Waals surface area contributed by atoms with Gasteiger partial charge in [0.1, 0.15) is 0 Å². The average Bonchev–Trinajstić information content (AvgIpc) is 3.69. The van der Waals surface area contributed by atoms with Crippen molar-refractivity contribution in [1.29, 1.82) is 0 Å². The van der Waals surface area contributed by atoms with E-state index < -0.39 is 8.07 Å². The van der Waals surface area contributed by atoms with E-state index in [-0.39, 0.29) is 40.7 Å². The second-order valence-corrected chi connectivity index (χ2v) is 17.9. The van der Waals surface area contributed by atoms with Crippen molar-refractivity contribution in [3.05, 3.63) is 134 Å². The molecule has 0 fully saturated rings. The Labute approximate surface area is 312 Å². The van der Waals surface area contributed by atoms with Crippen LogP contribution < -0.4 is 10.4 Å². The molecule has 0 atom stereocenters. The van der Waals surface area contributed by atoms with E-state index in [4.69, 9.17) is 0 Å². The molecule has 0 spiro atoms. The van der Waals surface area contributed by atoms with Gasteiger partial charge in [0, 0.05) is 0 Å². The Morgan fingerprint density at radius 1 is 0.500 bits per heavy atom. The molecule has 0 aliphatic heterocycles. The Balaban J connectivity index is 0.00000208. The predicted octanol–water partition coefficient (Wildman–Crippen LogP) is 12.8. The summed E-state index contributed by atoms with van der Waals surface area (Å²) in [6, 6.07) is 40.6. The first kappa shape index (κ1) is 39.6. The molecule has 48 heavy (non-hydrogen) atoms. The number of hydrogen-bond donors (Lipinski definition) is 0. The number of benzene rings is 4. The van der Waals surface area contributed by atoms with Crippen LogP contribution in [-0.4, -0.2) is 8.07 Å². The van der Waals surface area contributed by atoms with Crippen LogP contribution in [0.3, 0.4) is 0 Å². The standard InChI is InChI=1S/C44H50Si.2CH3.Hf/c1-7-9-11-25-45(26-12-10-8-2,37-27-35-19-15-23-41(43(35)29-37)39-21-13-17-31(3)33(39)5)38-28-36-20-16-24-42(44(36)30-38)40-22-14-18-32(4)34(40)6;;;/h13-24,27-30H,7-12,25-26H2,1-6H3;2*1H3;/q-2;2*-1;+4. The fourth-order valence-electron chi connectivity index (χ4n) is 7.80. The minimum absolute atomic E-state index is 0. The predicted molar refractivity (Wildman–Crippen MR) is 215 cm³/mol. The molecule has 6 aromatic carbocycles. The Hall–Kier alpha value is -2.81. The van der Waals surface area contributed by atoms with Gasteiger partial charge in [-0.3, -0.25) is 0 Å². The first-order chi connectivity index (χ1) is 21.9. The van der Waals surface area contributed by atoms with Crippen LogP contribution in [0.1, 0.15) is 74.6 Å². The number of fused-ring (bicyclic) bond motifs is 2. The molecule has 0 N–H and O–H groups in total. The van der Waals surface area contributed by atoms with Crippen LogP contribution in [0.4, 0.5) is 0 Å². The number of rotatable bonds is 12. The van der Waals surface area contributed by atoms with Crippen LogP contribution in [0.2, 0.25) is 12.1 Å². The summed E-state index contributed by atoms with van der Waals surface area (Å²) in [5.41, 5.74) is 11.0. The van der Waals surface area contributed by atoms with Gasteiger partial charge in [-0.15, -0.1) is 68.3 Å². The van der Waals surface area contributed by atoms with Crippen molar-refractivity contribution in [2.24, 2.45) is 0 Å². The molecule has 0 radical (unpaired) electrons. The van der Waals surface area contributed by atoms with E-state index in [9.17, 15) is 0 Å². The SMILES string of the molecule is CCCCC[Si](CCCCC)(c1cc2c(-c3cccc(C)c3C)cccc2[cH-]1)c1cc2c(-c3cccc(C)c3C)cccc2[cH-]1.[CH3-].[CH3-].[Hf+4]. The molecule has 248 valence electrons. The van der Waals surface area contributed by atoms with E-state index >= 15 is 0 Å². The normalized spacial score (nSPS) is 11.3. The zero-order valence-corrected chi connectivity index (χ0v) is 35.5. The molecule has 0 saturated carbocycles. The van der Waals surface area contributed by atoms with Crippen LogP contribution in [0.25, 0.3) is 43.8 Å². The Bertz CT molecular complexity index is 1790. The second kappa shape index (κ2) is 17.2. The third kappa shape index (κ3) is 7.51. The maximum absolute atomic E-state index is 2.64. The van der Waals surface area contributed by atoms with Crippen molar-refractivity contribution in [2.45, 2.75) is 92.2 Å². The summed E-state index contributed by atoms with van der Waals surface area (Å²) >= 11 is 0. The second-order valence-electron chi connectivity index (χ2n) is 13.6. The Morgan fingerprint density at radius 3 is 1.27 bits per heavy atom. The van der Waals surface area contributed by atoms with Gasteiger partial charge in [0.05, 0.1) is 8.07 Å². The van der Waals surface area contributed by atoms with Gasteiger partial charge in [0.25, 0.3) is 0 Å². The minimum Gasteiger partial charge on any atom is -0.358 e. The van der Waals surface area contributed by atoms with Gasteiger partial charge in [0.2, 0.25) is 0 Å². The van der Waals surface area contributed by atoms with Crippen molar-refractivity contribution in [2.75, 3.05) is 0 Å². The van der Waals surface area contributed by atoms with Gasteiger partial charge >= 0.3 is 25.8 Å². The Morgan fingerprint density at radius 2 is 0.875 bits per heavy atom. The molecule has 0 unspecified atom stereocenters. The summed E-state index contributed by atoms with van der Waals surface area (Å²) in [6.07, 6.45) is 7.77. The zero-order chi connectivity index (χ0) is 31.6. The maximum atomic E-state index is 2.64. The number of hydrogen-bond acceptors (Lipinski definition) is 0. The van der Waals surface area contributed by atoms with Gasteiger partial charge < -0.3 is 14.9 Å². The first-order valence-electron chi connectivity index (χ1n) is 17.4. The van der Waals surface area contributed by atoms with E-state index in [0.717, 1.165) is 0 Å². The first-order valence-corrected chi connectivity index (χ1v) is 19.8. The molecular weight excluding hydrogens is 759 g/mol. The molecule has 0 aliphatic rings. The van der Waals surface area contributed by atoms with Gasteiger partial charge in [-0.2, -0.15) is 12.1 Å². The van der Waals surface area contributed by atoms with Crippen LogP contribution >= 0.6 is 0 Å². The third-order valence-corrected chi connectivity index (χ3v) is 16.0. The minimum atomic E-state index is -2.09. The molecule has 0 bridgehead atoms. The van der Waals surface area contributed by atoms with E-state index in [0.29, 0.717) is 0 Å². The Kier molecular flexibility index (Phi) is 14.2. The van der Waals surface area contributed by atoms with Gasteiger partial charge in [-0.25, -0.2) is 0 Å². The van der Waals surface area contributed by atoms with E-state index in [1.165, 1.54) is 117 Å². The number of unbranched alkanes of at least 4 members (excludes halogenated alkanes) is 4. The van der Waals surface area contributed by atoms with Crippen molar-refractivity contribution < 1.29 is 25.8 Å². The monoisotopic (exact) mass is 816 g/mol. The molecule has 2 heteroatoms. The molecular formula is C46H56HfSi. The van der Waals surface area contributed by atoms with Gasteiger partial charge in [0.15, 0.2) is 0 Å². The molecule has 6 aromatic rings. The zero-order valence-electron chi connectivity index (χ0n) is 30.9. The fourth-order valence-corrected chi connectivity index (χ4v) is 13.0. The summed E-state index contributed by atoms with van der Waals surface area (Å²) < 4.78 is 0. The third-order valence-electron chi connectivity index (χ3n) is 10.8. The summed E-state index contributed by atoms with van der Waals surface area (Å²) in [7, 11) is -2.09. The maximum Gasteiger partial charge on any atom is 4.00 e. The van der Waals surface area contributed by atoms with Crippen molar-refractivity contribution >= 4 is 40.0 Å². The van der Waals surface area contributed by atoms with Crippen LogP contribution in [0.5, 0.6) is 0 Å². The summed E-state index contributed by atoms with van der Waals surface area (Å²) in [6.45, 7) is 13.7. The van der Waals surface area contributed by atoms with E-state index in [2.05, 4.69) is 139 Å². The number of aryl methyl sites for hydroxylation is 2. The smallest absolute Gasteiger partial charge is 0.358 e. The van der Waals surface area contributed by atoms with Crippen molar-refractivity contribution in [1.82, 2.24) is 0 Å². The fraction of sp³-hybridized carbons (Fsp3) is 0.304. The molecule has 0 saturated heterocycles. The largest absolute Gasteiger partial charge is 4.00 e. The molecule has 0 nitrogen and oxygen atoms in total. The molecule has 0 amide bonds. The van der Waals surface area contributed by atoms with Crippen molar-refractivity contribution in [3.8, 4) is 22.3 Å². The van der Waals surface area contributed by atoms with Crippen LogP contribution in [0, 0.1) is 42.5 Å². The van der Waals surface area contributed by atoms with Gasteiger partial charge in [-0.05, 0) is 61.1 Å². The molecule has 0 heterocycles. The van der Waals surface area contributed by atoms with Gasteiger partial charge in [-0.1, -0.05) is 124 Å². The molecule has 0 aliphatic carbocycles. The molecule has 0 aromatic heterocycles. The summed E-state index contributed by atoms with van der Waals surface area (Å²) in [4.78, 5) is 0. The van der Waals surface area contributed by atoms with Crippen molar-refractivity contribution in [3.63, 3.8) is 0 Å². The van der Waals surface area contributed by atoms with E-state index in [1.54, 1.807) is 10.4 Å². The van der Waals surface area contributed by atoms with Crippen LogP contribution in [0.15, 0.2) is 97.1 Å². The summed E-state index contributed by atoms with van der Waals surface area (Å²) in [5, 5.41) is 8.95. The molecule has 6 rings (SSSR count). The summed E-state index contributed by atoms with van der Waals surface area (Å²) in [5.74, 6) is 0. The quantitative estimate of drug-likeness (QED) is 0.0656. The van der Waals surface area contributed by atoms with E-state index in [1.807, 2.05) is 0 Å². The topological polar surface area (TPSA) is 0 Å². The van der Waals surface area contributed by atoms with Crippen LogP contribution in [-0.2, 0) is 25.8 Å². The average molecular weight is 816 g/mol.